The molecule has 0 bridgehead atoms. The van der Waals surface area contributed by atoms with Crippen LogP contribution in [0.4, 0.5) is 0 Å². The van der Waals surface area contributed by atoms with E-state index in [1.54, 1.807) is 7.05 Å². The van der Waals surface area contributed by atoms with Gasteiger partial charge in [-0.3, -0.25) is 9.79 Å². The Hall–Kier alpha value is -3.02. The largest absolute Gasteiger partial charge is 0.491 e. The lowest BCUT2D eigenvalue weighted by Gasteiger charge is -2.20. The fraction of sp³-hybridized carbons (Fsp3) is 0.417. The molecule has 1 unspecified atom stereocenters. The fourth-order valence-electron chi connectivity index (χ4n) is 3.61. The molecule has 6 heteroatoms. The van der Waals surface area contributed by atoms with Crippen LogP contribution >= 0.6 is 0 Å². The van der Waals surface area contributed by atoms with Gasteiger partial charge in [0.2, 0.25) is 5.91 Å². The fourth-order valence-corrected chi connectivity index (χ4v) is 3.61. The number of hydrogen-bond acceptors (Lipinski definition) is 3. The lowest BCUT2D eigenvalue weighted by atomic mass is 10.1. The molecule has 0 aliphatic carbocycles. The molecule has 0 aromatic heterocycles. The number of nitrogens with zero attached hydrogens (tertiary/aromatic N) is 2. The smallest absolute Gasteiger partial charge is 0.225 e. The summed E-state index contributed by atoms with van der Waals surface area (Å²) in [4.78, 5) is 18.4. The normalized spacial score (nSPS) is 16.6. The Bertz CT molecular complexity index is 851. The summed E-state index contributed by atoms with van der Waals surface area (Å²) in [6.07, 6.45) is 0.931. The molecule has 1 aliphatic rings. The summed E-state index contributed by atoms with van der Waals surface area (Å²) in [5.41, 5.74) is 2.22. The van der Waals surface area contributed by atoms with Gasteiger partial charge in [0.05, 0.1) is 6.54 Å². The van der Waals surface area contributed by atoms with Crippen LogP contribution in [0.1, 0.15) is 20.3 Å². The molecule has 1 atom stereocenters. The molecule has 2 aromatic carbocycles. The van der Waals surface area contributed by atoms with E-state index in [1.807, 2.05) is 55.1 Å². The number of benzene rings is 2. The number of aliphatic imine (C=N–C) groups is 1. The van der Waals surface area contributed by atoms with Crippen LogP contribution in [-0.4, -0.2) is 56.1 Å². The number of rotatable bonds is 7. The number of hydrogen-bond donors (Lipinski definition) is 2. The van der Waals surface area contributed by atoms with E-state index in [-0.39, 0.29) is 17.9 Å². The summed E-state index contributed by atoms with van der Waals surface area (Å²) in [5, 5.41) is 6.72. The van der Waals surface area contributed by atoms with Crippen molar-refractivity contribution < 1.29 is 9.53 Å². The van der Waals surface area contributed by atoms with Gasteiger partial charge in [-0.05, 0) is 18.1 Å². The Morgan fingerprint density at radius 2 is 1.90 bits per heavy atom. The van der Waals surface area contributed by atoms with E-state index in [4.69, 9.17) is 4.74 Å². The second kappa shape index (κ2) is 10.7. The third-order valence-electron chi connectivity index (χ3n) is 5.18. The number of carbonyl (C=O) groups excluding carboxylic acids is 1. The number of likely N-dealkylation sites (tertiary alicyclic amines) is 1. The van der Waals surface area contributed by atoms with Crippen molar-refractivity contribution in [2.75, 3.05) is 33.3 Å². The van der Waals surface area contributed by atoms with Gasteiger partial charge in [-0.15, -0.1) is 0 Å². The number of guanidine groups is 1. The topological polar surface area (TPSA) is 66.0 Å². The molecule has 1 heterocycles. The van der Waals surface area contributed by atoms with Crippen molar-refractivity contribution in [2.24, 2.45) is 10.9 Å². The second-order valence-electron chi connectivity index (χ2n) is 7.78. The zero-order valence-electron chi connectivity index (χ0n) is 18.1. The van der Waals surface area contributed by atoms with Gasteiger partial charge in [-0.25, -0.2) is 0 Å². The number of para-hydroxylation sites is 1. The van der Waals surface area contributed by atoms with Gasteiger partial charge < -0.3 is 20.3 Å². The number of carbonyl (C=O) groups is 1. The second-order valence-corrected chi connectivity index (χ2v) is 7.78. The first-order valence-corrected chi connectivity index (χ1v) is 10.6. The monoisotopic (exact) mass is 408 g/mol. The van der Waals surface area contributed by atoms with Crippen LogP contribution in [0.3, 0.4) is 0 Å². The Morgan fingerprint density at radius 1 is 1.17 bits per heavy atom. The van der Waals surface area contributed by atoms with Crippen molar-refractivity contribution in [1.29, 1.82) is 0 Å². The van der Waals surface area contributed by atoms with E-state index in [1.165, 1.54) is 0 Å². The van der Waals surface area contributed by atoms with Gasteiger partial charge in [0.25, 0.3) is 0 Å². The van der Waals surface area contributed by atoms with Crippen molar-refractivity contribution in [1.82, 2.24) is 15.5 Å². The Kier molecular flexibility index (Phi) is 7.71. The van der Waals surface area contributed by atoms with Crippen LogP contribution in [0.2, 0.25) is 0 Å². The van der Waals surface area contributed by atoms with Gasteiger partial charge >= 0.3 is 0 Å². The van der Waals surface area contributed by atoms with Gasteiger partial charge in [0.1, 0.15) is 12.4 Å². The Morgan fingerprint density at radius 3 is 2.63 bits per heavy atom. The minimum atomic E-state index is 0.0390. The van der Waals surface area contributed by atoms with E-state index in [0.717, 1.165) is 42.3 Å². The SMILES string of the molecule is CN=C(NCCOc1ccccc1-c1ccccc1)NC1CCN(C(=O)C(C)C)C1. The quantitative estimate of drug-likeness (QED) is 0.420. The summed E-state index contributed by atoms with van der Waals surface area (Å²) in [6, 6.07) is 18.5. The highest BCUT2D eigenvalue weighted by atomic mass is 16.5. The molecule has 0 spiro atoms. The molecule has 2 aromatic rings. The summed E-state index contributed by atoms with van der Waals surface area (Å²) < 4.78 is 6.03. The maximum Gasteiger partial charge on any atom is 0.225 e. The lowest BCUT2D eigenvalue weighted by Crippen LogP contribution is -2.46. The van der Waals surface area contributed by atoms with Gasteiger partial charge in [0, 0.05) is 37.7 Å². The first-order chi connectivity index (χ1) is 14.6. The van der Waals surface area contributed by atoms with E-state index in [2.05, 4.69) is 33.8 Å². The lowest BCUT2D eigenvalue weighted by molar-refractivity contribution is -0.133. The van der Waals surface area contributed by atoms with Crippen LogP contribution in [0, 0.1) is 5.92 Å². The molecule has 0 radical (unpaired) electrons. The van der Waals surface area contributed by atoms with Crippen LogP contribution < -0.4 is 15.4 Å². The highest BCUT2D eigenvalue weighted by molar-refractivity contribution is 5.81. The predicted molar refractivity (Wildman–Crippen MR) is 122 cm³/mol. The Balaban J connectivity index is 1.46. The average molecular weight is 409 g/mol. The average Bonchev–Trinajstić information content (AvgIpc) is 3.24. The molecular weight excluding hydrogens is 376 g/mol. The minimum absolute atomic E-state index is 0.0390. The molecule has 2 N–H and O–H groups in total. The van der Waals surface area contributed by atoms with Gasteiger partial charge in [-0.1, -0.05) is 62.4 Å². The van der Waals surface area contributed by atoms with Gasteiger partial charge in [0.15, 0.2) is 5.96 Å². The molecule has 1 amide bonds. The summed E-state index contributed by atoms with van der Waals surface area (Å²) in [6.45, 7) is 6.56. The minimum Gasteiger partial charge on any atom is -0.491 e. The standard InChI is InChI=1S/C24H32N4O2/c1-18(2)23(29)28-15-13-20(17-28)27-24(25-3)26-14-16-30-22-12-8-7-11-21(22)19-9-5-4-6-10-19/h4-12,18,20H,13-17H2,1-3H3,(H2,25,26,27). The third-order valence-corrected chi connectivity index (χ3v) is 5.18. The molecule has 1 fully saturated rings. The van der Waals surface area contributed by atoms with Crippen molar-refractivity contribution in [3.8, 4) is 16.9 Å². The molecule has 3 rings (SSSR count). The number of nitrogens with one attached hydrogen (secondary N) is 2. The van der Waals surface area contributed by atoms with Crippen molar-refractivity contribution in [3.05, 3.63) is 54.6 Å². The molecule has 0 saturated carbocycles. The summed E-state index contributed by atoms with van der Waals surface area (Å²) in [7, 11) is 1.76. The zero-order valence-corrected chi connectivity index (χ0v) is 18.1. The van der Waals surface area contributed by atoms with Crippen LogP contribution in [0.25, 0.3) is 11.1 Å². The van der Waals surface area contributed by atoms with E-state index >= 15 is 0 Å². The third kappa shape index (κ3) is 5.75. The highest BCUT2D eigenvalue weighted by Gasteiger charge is 2.27. The van der Waals surface area contributed by atoms with E-state index < -0.39 is 0 Å². The van der Waals surface area contributed by atoms with Gasteiger partial charge in [-0.2, -0.15) is 0 Å². The van der Waals surface area contributed by atoms with E-state index in [0.29, 0.717) is 13.2 Å². The maximum atomic E-state index is 12.2. The molecular formula is C24H32N4O2. The summed E-state index contributed by atoms with van der Waals surface area (Å²) >= 11 is 0. The van der Waals surface area contributed by atoms with E-state index in [9.17, 15) is 4.79 Å². The molecule has 160 valence electrons. The molecule has 30 heavy (non-hydrogen) atoms. The zero-order chi connectivity index (χ0) is 21.3. The first kappa shape index (κ1) is 21.7. The molecule has 1 saturated heterocycles. The molecule has 6 nitrogen and oxygen atoms in total. The number of ether oxygens (including phenoxy) is 1. The summed E-state index contributed by atoms with van der Waals surface area (Å²) in [5.74, 6) is 1.86. The van der Waals surface area contributed by atoms with Crippen molar-refractivity contribution in [2.45, 2.75) is 26.3 Å². The first-order valence-electron chi connectivity index (χ1n) is 10.6. The Labute approximate surface area is 179 Å². The van der Waals surface area contributed by atoms with Crippen molar-refractivity contribution in [3.63, 3.8) is 0 Å². The number of amides is 1. The van der Waals surface area contributed by atoms with Crippen LogP contribution in [0.15, 0.2) is 59.6 Å². The molecule has 1 aliphatic heterocycles. The predicted octanol–water partition coefficient (Wildman–Crippen LogP) is 3.15. The highest BCUT2D eigenvalue weighted by Crippen LogP contribution is 2.29. The van der Waals surface area contributed by atoms with Crippen LogP contribution in [0.5, 0.6) is 5.75 Å². The van der Waals surface area contributed by atoms with Crippen LogP contribution in [-0.2, 0) is 4.79 Å². The maximum absolute atomic E-state index is 12.2. The van der Waals surface area contributed by atoms with Crippen molar-refractivity contribution >= 4 is 11.9 Å².